The van der Waals surface area contributed by atoms with Gasteiger partial charge in [-0.3, -0.25) is 4.79 Å². The molecular weight excluding hydrogens is 332 g/mol. The van der Waals surface area contributed by atoms with Gasteiger partial charge in [0.2, 0.25) is 0 Å². The second-order valence-corrected chi connectivity index (χ2v) is 6.33. The molecule has 0 bridgehead atoms. The van der Waals surface area contributed by atoms with E-state index in [-0.39, 0.29) is 18.8 Å². The first-order valence-corrected chi connectivity index (χ1v) is 9.15. The molecule has 0 fully saturated rings. The first-order chi connectivity index (χ1) is 12.4. The lowest BCUT2D eigenvalue weighted by Gasteiger charge is -2.13. The summed E-state index contributed by atoms with van der Waals surface area (Å²) in [6.07, 6.45) is 10.9. The zero-order valence-electron chi connectivity index (χ0n) is 15.7. The lowest BCUT2D eigenvalue weighted by Crippen LogP contribution is -2.23. The topological polar surface area (TPSA) is 98.0 Å². The molecule has 0 heterocycles. The Balaban J connectivity index is 4.14. The maximum atomic E-state index is 10.4. The molecule has 0 saturated heterocycles. The van der Waals surface area contributed by atoms with E-state index in [0.29, 0.717) is 6.42 Å². The van der Waals surface area contributed by atoms with Crippen LogP contribution in [0.25, 0.3) is 0 Å². The van der Waals surface area contributed by atoms with Crippen LogP contribution in [-0.4, -0.2) is 44.7 Å². The van der Waals surface area contributed by atoms with Crippen molar-refractivity contribution in [2.75, 3.05) is 0 Å². The number of carboxylic acids is 1. The highest BCUT2D eigenvalue weighted by Gasteiger charge is 2.13. The molecule has 0 saturated carbocycles. The van der Waals surface area contributed by atoms with Gasteiger partial charge >= 0.3 is 5.97 Å². The fourth-order valence-electron chi connectivity index (χ4n) is 2.13. The van der Waals surface area contributed by atoms with Crippen LogP contribution in [0.5, 0.6) is 0 Å². The van der Waals surface area contributed by atoms with E-state index in [9.17, 15) is 20.1 Å². The maximum Gasteiger partial charge on any atom is 0.303 e. The van der Waals surface area contributed by atoms with Gasteiger partial charge in [-0.2, -0.15) is 0 Å². The van der Waals surface area contributed by atoms with Crippen LogP contribution < -0.4 is 0 Å². The average Bonchev–Trinajstić information content (AvgIpc) is 2.60. The van der Waals surface area contributed by atoms with Crippen molar-refractivity contribution in [3.8, 4) is 11.8 Å². The third-order valence-corrected chi connectivity index (χ3v) is 3.89. The number of rotatable bonds is 12. The molecule has 1 unspecified atom stereocenters. The molecule has 0 radical (unpaired) electrons. The van der Waals surface area contributed by atoms with Gasteiger partial charge in [-0.05, 0) is 31.3 Å². The normalized spacial score (nSPS) is 16.5. The summed E-state index contributed by atoms with van der Waals surface area (Å²) in [5.74, 6) is 4.84. The molecule has 5 heteroatoms. The summed E-state index contributed by atoms with van der Waals surface area (Å²) < 4.78 is 0. The Kier molecular flexibility index (Phi) is 14.3. The molecule has 4 N–H and O–H groups in total. The van der Waals surface area contributed by atoms with Gasteiger partial charge in [0.05, 0.1) is 12.2 Å². The molecule has 0 aromatic carbocycles. The highest BCUT2D eigenvalue weighted by molar-refractivity contribution is 5.66. The van der Waals surface area contributed by atoms with E-state index in [0.717, 1.165) is 19.3 Å². The smallest absolute Gasteiger partial charge is 0.303 e. The molecule has 0 rings (SSSR count). The molecule has 5 nitrogen and oxygen atoms in total. The third kappa shape index (κ3) is 13.4. The van der Waals surface area contributed by atoms with Crippen molar-refractivity contribution < 1.29 is 25.2 Å². The molecule has 0 spiro atoms. The monoisotopic (exact) mass is 364 g/mol. The number of aliphatic hydroxyl groups is 3. The van der Waals surface area contributed by atoms with Gasteiger partial charge in [-0.25, -0.2) is 0 Å². The number of carbonyl (C=O) groups is 1. The number of aliphatic carboxylic acids is 1. The molecule has 0 aliphatic carbocycles. The van der Waals surface area contributed by atoms with E-state index in [1.807, 2.05) is 6.92 Å². The first kappa shape index (κ1) is 24.1. The predicted octanol–water partition coefficient (Wildman–Crippen LogP) is 2.82. The number of unbranched alkanes of at least 4 members (excludes halogenated alkanes) is 1. The van der Waals surface area contributed by atoms with E-state index >= 15 is 0 Å². The summed E-state index contributed by atoms with van der Waals surface area (Å²) in [6.45, 7) is 4.11. The third-order valence-electron chi connectivity index (χ3n) is 3.89. The standard InChI is InChI=1S/C21H32O5/c1-3-4-12-17(2)18(22)13-9-7-5-6-8-10-14-19(23)20(24)15-11-16-21(25)26/h5-8,10,14,17-20,22-24H,3-4,11-12,15-16H2,1-2H3,(H,25,26)/b7-5-,8-6+,14-10+/t17?,18-,19+,20-/m0/s1. The largest absolute Gasteiger partial charge is 0.481 e. The molecule has 0 aliphatic rings. The van der Waals surface area contributed by atoms with Crippen LogP contribution in [-0.2, 0) is 4.79 Å². The Labute approximate surface area is 156 Å². The summed E-state index contributed by atoms with van der Waals surface area (Å²) in [4.78, 5) is 10.4. The Morgan fingerprint density at radius 2 is 1.73 bits per heavy atom. The Hall–Kier alpha value is -1.87. The second kappa shape index (κ2) is 15.4. The van der Waals surface area contributed by atoms with Gasteiger partial charge in [0.15, 0.2) is 0 Å². The van der Waals surface area contributed by atoms with Crippen molar-refractivity contribution in [3.63, 3.8) is 0 Å². The zero-order chi connectivity index (χ0) is 19.8. The molecule has 4 atom stereocenters. The molecule has 26 heavy (non-hydrogen) atoms. The minimum absolute atomic E-state index is 0.0225. The van der Waals surface area contributed by atoms with Gasteiger partial charge in [-0.1, -0.05) is 68.9 Å². The minimum atomic E-state index is -1.03. The van der Waals surface area contributed by atoms with Crippen LogP contribution in [0.1, 0.15) is 52.4 Å². The van der Waals surface area contributed by atoms with Gasteiger partial charge in [-0.15, -0.1) is 0 Å². The van der Waals surface area contributed by atoms with Gasteiger partial charge < -0.3 is 20.4 Å². The van der Waals surface area contributed by atoms with Crippen molar-refractivity contribution in [1.82, 2.24) is 0 Å². The number of allylic oxidation sites excluding steroid dienone is 5. The van der Waals surface area contributed by atoms with Crippen LogP contribution in [0.3, 0.4) is 0 Å². The van der Waals surface area contributed by atoms with E-state index in [1.54, 1.807) is 30.4 Å². The summed E-state index contributed by atoms with van der Waals surface area (Å²) in [7, 11) is 0. The van der Waals surface area contributed by atoms with Crippen molar-refractivity contribution in [1.29, 1.82) is 0 Å². The van der Waals surface area contributed by atoms with E-state index < -0.39 is 24.3 Å². The van der Waals surface area contributed by atoms with E-state index in [4.69, 9.17) is 5.11 Å². The van der Waals surface area contributed by atoms with Crippen LogP contribution in [0, 0.1) is 17.8 Å². The van der Waals surface area contributed by atoms with Gasteiger partial charge in [0.1, 0.15) is 6.10 Å². The second-order valence-electron chi connectivity index (χ2n) is 6.33. The van der Waals surface area contributed by atoms with Crippen LogP contribution >= 0.6 is 0 Å². The summed E-state index contributed by atoms with van der Waals surface area (Å²) in [6, 6.07) is 0. The Morgan fingerprint density at radius 3 is 2.38 bits per heavy atom. The predicted molar refractivity (Wildman–Crippen MR) is 103 cm³/mol. The maximum absolute atomic E-state index is 10.4. The minimum Gasteiger partial charge on any atom is -0.481 e. The molecule has 0 aliphatic heterocycles. The molecular formula is C21H32O5. The van der Waals surface area contributed by atoms with Gasteiger partial charge in [0, 0.05) is 6.42 Å². The van der Waals surface area contributed by atoms with Crippen molar-refractivity contribution in [2.24, 2.45) is 5.92 Å². The lowest BCUT2D eigenvalue weighted by atomic mass is 9.98. The Bertz CT molecular complexity index is 524. The SMILES string of the molecule is CCCCC(C)[C@@H](O)C#C\C=C/C=C/C=C/[C@@H](O)[C@@H](O)CCCC(=O)O. The fraction of sp³-hybridized carbons (Fsp3) is 0.571. The number of aliphatic hydroxyl groups excluding tert-OH is 3. The molecule has 0 aromatic rings. The van der Waals surface area contributed by atoms with Gasteiger partial charge in [0.25, 0.3) is 0 Å². The van der Waals surface area contributed by atoms with Crippen LogP contribution in [0.4, 0.5) is 0 Å². The van der Waals surface area contributed by atoms with E-state index in [1.165, 1.54) is 6.08 Å². The Morgan fingerprint density at radius 1 is 1.04 bits per heavy atom. The van der Waals surface area contributed by atoms with Crippen molar-refractivity contribution in [2.45, 2.75) is 70.7 Å². The average molecular weight is 364 g/mol. The molecule has 146 valence electrons. The number of carboxylic acid groups (broad SMARTS) is 1. The van der Waals surface area contributed by atoms with Crippen LogP contribution in [0.2, 0.25) is 0 Å². The van der Waals surface area contributed by atoms with E-state index in [2.05, 4.69) is 18.8 Å². The fourth-order valence-corrected chi connectivity index (χ4v) is 2.13. The highest BCUT2D eigenvalue weighted by atomic mass is 16.4. The number of hydrogen-bond acceptors (Lipinski definition) is 4. The molecule has 0 amide bonds. The van der Waals surface area contributed by atoms with Crippen LogP contribution in [0.15, 0.2) is 36.5 Å². The first-order valence-electron chi connectivity index (χ1n) is 9.15. The van der Waals surface area contributed by atoms with Crippen molar-refractivity contribution in [3.05, 3.63) is 36.5 Å². The van der Waals surface area contributed by atoms with Crippen molar-refractivity contribution >= 4 is 5.97 Å². The quantitative estimate of drug-likeness (QED) is 0.315. The summed E-state index contributed by atoms with van der Waals surface area (Å²) >= 11 is 0. The lowest BCUT2D eigenvalue weighted by molar-refractivity contribution is -0.137. The summed E-state index contributed by atoms with van der Waals surface area (Å²) in [5, 5.41) is 37.8. The number of hydrogen-bond donors (Lipinski definition) is 4. The zero-order valence-corrected chi connectivity index (χ0v) is 15.7. The highest BCUT2D eigenvalue weighted by Crippen LogP contribution is 2.11. The molecule has 0 aromatic heterocycles. The summed E-state index contributed by atoms with van der Waals surface area (Å²) in [5.41, 5.74) is 0.